The number of hydrogen-bond acceptors (Lipinski definition) is 2. The summed E-state index contributed by atoms with van der Waals surface area (Å²) >= 11 is 0. The van der Waals surface area contributed by atoms with Crippen molar-refractivity contribution in [2.75, 3.05) is 20.1 Å². The van der Waals surface area contributed by atoms with E-state index in [4.69, 9.17) is 0 Å². The first-order valence-electron chi connectivity index (χ1n) is 7.68. The third kappa shape index (κ3) is 5.87. The van der Waals surface area contributed by atoms with Gasteiger partial charge in [0.1, 0.15) is 0 Å². The van der Waals surface area contributed by atoms with Crippen LogP contribution in [0.5, 0.6) is 0 Å². The summed E-state index contributed by atoms with van der Waals surface area (Å²) in [6.07, 6.45) is 11.2. The molecule has 0 aliphatic heterocycles. The highest BCUT2D eigenvalue weighted by Crippen LogP contribution is 2.22. The third-order valence-corrected chi connectivity index (χ3v) is 4.24. The number of nitrogens with zero attached hydrogens (tertiary/aromatic N) is 1. The molecule has 1 unspecified atom stereocenters. The summed E-state index contributed by atoms with van der Waals surface area (Å²) in [4.78, 5) is 2.62. The van der Waals surface area contributed by atoms with Gasteiger partial charge in [-0.2, -0.15) is 0 Å². The van der Waals surface area contributed by atoms with Crippen molar-refractivity contribution in [2.24, 2.45) is 0 Å². The van der Waals surface area contributed by atoms with E-state index in [1.54, 1.807) is 0 Å². The van der Waals surface area contributed by atoms with Gasteiger partial charge in [-0.15, -0.1) is 0 Å². The average molecular weight is 240 g/mol. The maximum absolute atomic E-state index is 3.58. The van der Waals surface area contributed by atoms with Crippen molar-refractivity contribution in [1.82, 2.24) is 10.2 Å². The lowest BCUT2D eigenvalue weighted by molar-refractivity contribution is 0.165. The van der Waals surface area contributed by atoms with Gasteiger partial charge in [-0.1, -0.05) is 39.0 Å². The van der Waals surface area contributed by atoms with E-state index in [0.717, 1.165) is 12.6 Å². The van der Waals surface area contributed by atoms with Gasteiger partial charge in [0.05, 0.1) is 0 Å². The van der Waals surface area contributed by atoms with Gasteiger partial charge in [-0.05, 0) is 39.8 Å². The first kappa shape index (κ1) is 15.0. The number of hydrogen-bond donors (Lipinski definition) is 1. The molecule has 0 aromatic rings. The van der Waals surface area contributed by atoms with Gasteiger partial charge in [0, 0.05) is 18.6 Å². The van der Waals surface area contributed by atoms with Crippen LogP contribution in [0.1, 0.15) is 65.2 Å². The smallest absolute Gasteiger partial charge is 0.0192 e. The second-order valence-electron chi connectivity index (χ2n) is 5.72. The Morgan fingerprint density at radius 3 is 2.41 bits per heavy atom. The molecule has 0 heterocycles. The highest BCUT2D eigenvalue weighted by atomic mass is 15.2. The summed E-state index contributed by atoms with van der Waals surface area (Å²) in [5, 5.41) is 3.58. The van der Waals surface area contributed by atoms with Crippen molar-refractivity contribution in [3.8, 4) is 0 Å². The molecular weight excluding hydrogens is 208 g/mol. The van der Waals surface area contributed by atoms with Crippen LogP contribution in [0.3, 0.4) is 0 Å². The zero-order valence-corrected chi connectivity index (χ0v) is 12.2. The Morgan fingerprint density at radius 2 is 1.82 bits per heavy atom. The van der Waals surface area contributed by atoms with Gasteiger partial charge in [-0.3, -0.25) is 4.90 Å². The minimum absolute atomic E-state index is 0.676. The molecule has 0 aromatic heterocycles. The second kappa shape index (κ2) is 8.93. The molecule has 0 saturated heterocycles. The largest absolute Gasteiger partial charge is 0.315 e. The number of rotatable bonds is 7. The summed E-state index contributed by atoms with van der Waals surface area (Å²) in [6, 6.07) is 1.51. The van der Waals surface area contributed by atoms with Crippen molar-refractivity contribution in [1.29, 1.82) is 0 Å². The Kier molecular flexibility index (Phi) is 7.87. The Labute approximate surface area is 108 Å². The molecule has 1 aliphatic carbocycles. The molecule has 0 aromatic carbocycles. The van der Waals surface area contributed by atoms with E-state index >= 15 is 0 Å². The molecule has 0 spiro atoms. The van der Waals surface area contributed by atoms with Gasteiger partial charge < -0.3 is 5.32 Å². The maximum Gasteiger partial charge on any atom is 0.0192 e. The second-order valence-corrected chi connectivity index (χ2v) is 5.72. The predicted octanol–water partition coefficient (Wildman–Crippen LogP) is 3.42. The van der Waals surface area contributed by atoms with Crippen LogP contribution in [-0.4, -0.2) is 37.1 Å². The number of unbranched alkanes of at least 4 members (excludes halogenated alkanes) is 1. The molecule has 1 atom stereocenters. The zero-order chi connectivity index (χ0) is 12.5. The summed E-state index contributed by atoms with van der Waals surface area (Å²) in [7, 11) is 2.32. The summed E-state index contributed by atoms with van der Waals surface area (Å²) < 4.78 is 0. The average Bonchev–Trinajstić information content (AvgIpc) is 2.62. The fourth-order valence-electron chi connectivity index (χ4n) is 2.78. The Hall–Kier alpha value is -0.0800. The standard InChI is InChI=1S/C15H32N2/c1-4-5-12-16-13-14(2)17(3)15-10-8-6-7-9-11-15/h14-16H,4-13H2,1-3H3. The van der Waals surface area contributed by atoms with E-state index in [1.807, 2.05) is 0 Å². The fraction of sp³-hybridized carbons (Fsp3) is 1.00. The van der Waals surface area contributed by atoms with E-state index < -0.39 is 0 Å². The minimum atomic E-state index is 0.676. The highest BCUT2D eigenvalue weighted by molar-refractivity contribution is 4.77. The topological polar surface area (TPSA) is 15.3 Å². The zero-order valence-electron chi connectivity index (χ0n) is 12.2. The fourth-order valence-corrected chi connectivity index (χ4v) is 2.78. The molecule has 102 valence electrons. The normalized spacial score (nSPS) is 20.5. The Bertz CT molecular complexity index is 174. The molecule has 2 nitrogen and oxygen atoms in total. The lowest BCUT2D eigenvalue weighted by Gasteiger charge is -2.33. The predicted molar refractivity (Wildman–Crippen MR) is 76.5 cm³/mol. The molecule has 1 saturated carbocycles. The molecule has 0 bridgehead atoms. The summed E-state index contributed by atoms with van der Waals surface area (Å²) in [5.74, 6) is 0. The third-order valence-electron chi connectivity index (χ3n) is 4.24. The van der Waals surface area contributed by atoms with Crippen molar-refractivity contribution in [3.63, 3.8) is 0 Å². The molecule has 17 heavy (non-hydrogen) atoms. The van der Waals surface area contributed by atoms with Crippen molar-refractivity contribution in [2.45, 2.75) is 77.3 Å². The van der Waals surface area contributed by atoms with Crippen molar-refractivity contribution >= 4 is 0 Å². The molecular formula is C15H32N2. The van der Waals surface area contributed by atoms with E-state index in [2.05, 4.69) is 31.1 Å². The molecule has 1 fully saturated rings. The summed E-state index contributed by atoms with van der Waals surface area (Å²) in [5.41, 5.74) is 0. The van der Waals surface area contributed by atoms with Crippen LogP contribution in [0, 0.1) is 0 Å². The van der Waals surface area contributed by atoms with Crippen LogP contribution in [0.15, 0.2) is 0 Å². The molecule has 0 amide bonds. The maximum atomic E-state index is 3.58. The summed E-state index contributed by atoms with van der Waals surface area (Å²) in [6.45, 7) is 6.94. The Morgan fingerprint density at radius 1 is 1.18 bits per heavy atom. The molecule has 2 heteroatoms. The van der Waals surface area contributed by atoms with Crippen molar-refractivity contribution in [3.05, 3.63) is 0 Å². The van der Waals surface area contributed by atoms with Gasteiger partial charge in [-0.25, -0.2) is 0 Å². The molecule has 1 N–H and O–H groups in total. The van der Waals surface area contributed by atoms with Crippen molar-refractivity contribution < 1.29 is 0 Å². The van der Waals surface area contributed by atoms with Crippen LogP contribution in [0.4, 0.5) is 0 Å². The first-order chi connectivity index (χ1) is 8.25. The van der Waals surface area contributed by atoms with E-state index in [9.17, 15) is 0 Å². The van der Waals surface area contributed by atoms with Crippen LogP contribution < -0.4 is 5.32 Å². The van der Waals surface area contributed by atoms with E-state index in [0.29, 0.717) is 6.04 Å². The Balaban J connectivity index is 2.21. The van der Waals surface area contributed by atoms with Crippen LogP contribution in [-0.2, 0) is 0 Å². The van der Waals surface area contributed by atoms with Gasteiger partial charge in [0.2, 0.25) is 0 Å². The molecule has 0 radical (unpaired) electrons. The SMILES string of the molecule is CCCCNCC(C)N(C)C1CCCCCC1. The lowest BCUT2D eigenvalue weighted by atomic mass is 10.1. The molecule has 1 aliphatic rings. The molecule has 1 rings (SSSR count). The first-order valence-corrected chi connectivity index (χ1v) is 7.68. The number of nitrogens with one attached hydrogen (secondary N) is 1. The van der Waals surface area contributed by atoms with Gasteiger partial charge in [0.25, 0.3) is 0 Å². The highest BCUT2D eigenvalue weighted by Gasteiger charge is 2.20. The quantitative estimate of drug-likeness (QED) is 0.542. The van der Waals surface area contributed by atoms with E-state index in [1.165, 1.54) is 57.9 Å². The van der Waals surface area contributed by atoms with E-state index in [-0.39, 0.29) is 0 Å². The monoisotopic (exact) mass is 240 g/mol. The van der Waals surface area contributed by atoms with Crippen LogP contribution in [0.25, 0.3) is 0 Å². The van der Waals surface area contributed by atoms with Gasteiger partial charge in [0.15, 0.2) is 0 Å². The van der Waals surface area contributed by atoms with Crippen LogP contribution in [0.2, 0.25) is 0 Å². The van der Waals surface area contributed by atoms with Gasteiger partial charge >= 0.3 is 0 Å². The number of likely N-dealkylation sites (N-methyl/N-ethyl adjacent to an activating group) is 1. The lowest BCUT2D eigenvalue weighted by Crippen LogP contribution is -2.43. The minimum Gasteiger partial charge on any atom is -0.315 e. The van der Waals surface area contributed by atoms with Crippen LogP contribution >= 0.6 is 0 Å².